The first kappa shape index (κ1) is 25.9. The summed E-state index contributed by atoms with van der Waals surface area (Å²) in [5, 5.41) is 0.597. The van der Waals surface area contributed by atoms with Gasteiger partial charge in [0.1, 0.15) is 13.2 Å². The lowest BCUT2D eigenvalue weighted by Gasteiger charge is -2.21. The summed E-state index contributed by atoms with van der Waals surface area (Å²) < 4.78 is 12.3. The highest BCUT2D eigenvalue weighted by molar-refractivity contribution is 7.22. The molecule has 3 heterocycles. The van der Waals surface area contributed by atoms with Gasteiger partial charge in [0.05, 0.1) is 15.9 Å². The Morgan fingerprint density at radius 3 is 2.28 bits per heavy atom. The summed E-state index contributed by atoms with van der Waals surface area (Å²) in [6.07, 6.45) is 1.21. The first-order valence-electron chi connectivity index (χ1n) is 11.5. The van der Waals surface area contributed by atoms with E-state index in [2.05, 4.69) is 4.90 Å². The van der Waals surface area contributed by atoms with E-state index in [0.29, 0.717) is 47.6 Å². The fourth-order valence-corrected chi connectivity index (χ4v) is 5.17. The quantitative estimate of drug-likeness (QED) is 0.430. The summed E-state index contributed by atoms with van der Waals surface area (Å²) in [6.45, 7) is 2.32. The predicted molar refractivity (Wildman–Crippen MR) is 141 cm³/mol. The van der Waals surface area contributed by atoms with Crippen molar-refractivity contribution in [2.75, 3.05) is 50.2 Å². The van der Waals surface area contributed by atoms with Gasteiger partial charge in [-0.2, -0.15) is 0 Å². The molecule has 0 saturated carbocycles. The molecule has 0 aliphatic carbocycles. The van der Waals surface area contributed by atoms with Crippen molar-refractivity contribution < 1.29 is 23.9 Å². The zero-order valence-corrected chi connectivity index (χ0v) is 21.7. The normalized spacial score (nSPS) is 14.9. The number of benzene rings is 2. The van der Waals surface area contributed by atoms with Gasteiger partial charge in [-0.15, -0.1) is 12.4 Å². The van der Waals surface area contributed by atoms with Crippen LogP contribution in [0.15, 0.2) is 36.4 Å². The van der Waals surface area contributed by atoms with Gasteiger partial charge in [-0.05, 0) is 51.3 Å². The van der Waals surface area contributed by atoms with Crippen LogP contribution in [0.25, 0.3) is 10.2 Å². The first-order valence-corrected chi connectivity index (χ1v) is 12.3. The van der Waals surface area contributed by atoms with E-state index < -0.39 is 0 Å². The Labute approximate surface area is 219 Å². The number of hydrogen-bond donors (Lipinski definition) is 0. The fourth-order valence-electron chi connectivity index (χ4n) is 4.17. The monoisotopic (exact) mass is 530 g/mol. The third-order valence-electron chi connectivity index (χ3n) is 5.93. The van der Waals surface area contributed by atoms with E-state index in [9.17, 15) is 14.4 Å². The molecule has 1 saturated heterocycles. The third-order valence-corrected chi connectivity index (χ3v) is 6.97. The molecule has 11 heteroatoms. The Bertz CT molecular complexity index is 1230. The van der Waals surface area contributed by atoms with E-state index in [4.69, 9.17) is 14.5 Å². The molecule has 3 amide bonds. The number of anilines is 2. The first-order chi connectivity index (χ1) is 16.9. The van der Waals surface area contributed by atoms with Gasteiger partial charge in [0.15, 0.2) is 16.6 Å². The van der Waals surface area contributed by atoms with Crippen LogP contribution in [0.3, 0.4) is 0 Å². The van der Waals surface area contributed by atoms with Crippen molar-refractivity contribution in [1.29, 1.82) is 0 Å². The molecule has 2 aromatic carbocycles. The van der Waals surface area contributed by atoms with E-state index >= 15 is 0 Å². The second kappa shape index (κ2) is 10.8. The van der Waals surface area contributed by atoms with Gasteiger partial charge in [0.25, 0.3) is 5.91 Å². The number of rotatable bonds is 7. The van der Waals surface area contributed by atoms with E-state index in [1.54, 1.807) is 29.2 Å². The Hall–Kier alpha value is -3.21. The lowest BCUT2D eigenvalue weighted by molar-refractivity contribution is -0.121. The maximum absolute atomic E-state index is 13.6. The predicted octanol–water partition coefficient (Wildman–Crippen LogP) is 3.74. The van der Waals surface area contributed by atoms with Gasteiger partial charge in [-0.1, -0.05) is 11.3 Å². The van der Waals surface area contributed by atoms with Crippen molar-refractivity contribution in [1.82, 2.24) is 9.88 Å². The molecule has 0 unspecified atom stereocenters. The van der Waals surface area contributed by atoms with Crippen LogP contribution in [0.5, 0.6) is 11.5 Å². The lowest BCUT2D eigenvalue weighted by atomic mass is 10.1. The SMILES string of the molecule is CN(C)CCCN(C(=O)c1ccc(N2C(=O)CCC2=O)cc1)c1nc2cc3c(cc2s1)OCCO3.Cl. The Morgan fingerprint density at radius 1 is 1.00 bits per heavy atom. The highest BCUT2D eigenvalue weighted by Gasteiger charge is 2.30. The fraction of sp³-hybridized carbons (Fsp3) is 0.360. The standard InChI is InChI=1S/C25H26N4O5S.ClH/c1-27(2)10-3-11-28(25-26-18-14-19-20(15-21(18)35-25)34-13-12-33-19)24(32)16-4-6-17(7-5-16)29-22(30)8-9-23(29)31;/h4-7,14-15H,3,8-13H2,1-2H3;1H. The number of fused-ring (bicyclic) bond motifs is 2. The summed E-state index contributed by atoms with van der Waals surface area (Å²) in [5.41, 5.74) is 1.70. The summed E-state index contributed by atoms with van der Waals surface area (Å²) in [4.78, 5) is 47.4. The summed E-state index contributed by atoms with van der Waals surface area (Å²) >= 11 is 1.43. The zero-order chi connectivity index (χ0) is 24.5. The number of carbonyl (C=O) groups is 3. The van der Waals surface area contributed by atoms with E-state index in [-0.39, 0.29) is 43.0 Å². The van der Waals surface area contributed by atoms with Gasteiger partial charge in [0, 0.05) is 37.1 Å². The van der Waals surface area contributed by atoms with Crippen molar-refractivity contribution in [3.05, 3.63) is 42.0 Å². The molecule has 9 nitrogen and oxygen atoms in total. The number of carbonyl (C=O) groups excluding carboxylic acids is 3. The van der Waals surface area contributed by atoms with Crippen LogP contribution in [0.2, 0.25) is 0 Å². The molecule has 0 atom stereocenters. The van der Waals surface area contributed by atoms with Gasteiger partial charge < -0.3 is 14.4 Å². The number of aromatic nitrogens is 1. The lowest BCUT2D eigenvalue weighted by Crippen LogP contribution is -2.33. The Kier molecular flexibility index (Phi) is 7.77. The molecular weight excluding hydrogens is 504 g/mol. The van der Waals surface area contributed by atoms with Crippen molar-refractivity contribution in [2.45, 2.75) is 19.3 Å². The third kappa shape index (κ3) is 5.16. The number of thiazole rings is 1. The molecule has 36 heavy (non-hydrogen) atoms. The van der Waals surface area contributed by atoms with E-state index in [1.807, 2.05) is 26.2 Å². The molecular formula is C25H27ClN4O5S. The maximum Gasteiger partial charge on any atom is 0.260 e. The van der Waals surface area contributed by atoms with Crippen molar-refractivity contribution in [2.24, 2.45) is 0 Å². The van der Waals surface area contributed by atoms with Crippen molar-refractivity contribution in [3.8, 4) is 11.5 Å². The largest absolute Gasteiger partial charge is 0.486 e. The summed E-state index contributed by atoms with van der Waals surface area (Å²) in [6, 6.07) is 10.4. The summed E-state index contributed by atoms with van der Waals surface area (Å²) in [7, 11) is 3.99. The van der Waals surface area contributed by atoms with Crippen LogP contribution in [-0.2, 0) is 9.59 Å². The van der Waals surface area contributed by atoms with Crippen LogP contribution in [-0.4, -0.2) is 68.0 Å². The molecule has 2 aliphatic heterocycles. The molecule has 0 bridgehead atoms. The number of imide groups is 1. The van der Waals surface area contributed by atoms with Crippen LogP contribution in [0.4, 0.5) is 10.8 Å². The smallest absolute Gasteiger partial charge is 0.260 e. The Balaban J connectivity index is 0.00000304. The molecule has 0 spiro atoms. The molecule has 2 aliphatic rings. The van der Waals surface area contributed by atoms with Gasteiger partial charge in [-0.3, -0.25) is 24.2 Å². The van der Waals surface area contributed by atoms with E-state index in [1.165, 1.54) is 16.2 Å². The summed E-state index contributed by atoms with van der Waals surface area (Å²) in [5.74, 6) is 0.721. The van der Waals surface area contributed by atoms with Crippen LogP contribution >= 0.6 is 23.7 Å². The molecule has 190 valence electrons. The molecule has 0 N–H and O–H groups in total. The zero-order valence-electron chi connectivity index (χ0n) is 20.1. The minimum absolute atomic E-state index is 0. The van der Waals surface area contributed by atoms with Crippen LogP contribution in [0, 0.1) is 0 Å². The maximum atomic E-state index is 13.6. The number of nitrogens with zero attached hydrogens (tertiary/aromatic N) is 4. The average molecular weight is 531 g/mol. The number of hydrogen-bond acceptors (Lipinski definition) is 8. The molecule has 0 radical (unpaired) electrons. The van der Waals surface area contributed by atoms with Crippen LogP contribution < -0.4 is 19.3 Å². The minimum atomic E-state index is -0.218. The second-order valence-electron chi connectivity index (χ2n) is 8.74. The highest BCUT2D eigenvalue weighted by atomic mass is 35.5. The molecule has 5 rings (SSSR count). The second-order valence-corrected chi connectivity index (χ2v) is 9.75. The Morgan fingerprint density at radius 2 is 1.64 bits per heavy atom. The number of halogens is 1. The topological polar surface area (TPSA) is 92.3 Å². The number of amides is 3. The molecule has 1 fully saturated rings. The van der Waals surface area contributed by atoms with E-state index in [0.717, 1.165) is 23.2 Å². The van der Waals surface area contributed by atoms with Gasteiger partial charge in [-0.25, -0.2) is 4.98 Å². The van der Waals surface area contributed by atoms with Crippen molar-refractivity contribution in [3.63, 3.8) is 0 Å². The highest BCUT2D eigenvalue weighted by Crippen LogP contribution is 2.39. The average Bonchev–Trinajstić information content (AvgIpc) is 3.41. The molecule has 3 aromatic rings. The number of ether oxygens (including phenoxy) is 2. The minimum Gasteiger partial charge on any atom is -0.486 e. The van der Waals surface area contributed by atoms with Gasteiger partial charge >= 0.3 is 0 Å². The van der Waals surface area contributed by atoms with Crippen LogP contribution in [0.1, 0.15) is 29.6 Å². The van der Waals surface area contributed by atoms with Gasteiger partial charge in [0.2, 0.25) is 11.8 Å². The molecule has 1 aromatic heterocycles. The van der Waals surface area contributed by atoms with Crippen molar-refractivity contribution >= 4 is 62.5 Å².